The number of benzene rings is 1. The molecule has 1 saturated carbocycles. The SMILES string of the molecule is CC1(C)C(Nc2cc(Cl)ccc2Cl)C2CCOC21. The first-order valence-electron chi connectivity index (χ1n) is 6.33. The van der Waals surface area contributed by atoms with Crippen molar-refractivity contribution in [1.29, 1.82) is 0 Å². The Morgan fingerprint density at radius 1 is 1.33 bits per heavy atom. The lowest BCUT2D eigenvalue weighted by molar-refractivity contribution is -0.0923. The molecule has 1 heterocycles. The van der Waals surface area contributed by atoms with Gasteiger partial charge in [-0.2, -0.15) is 0 Å². The number of anilines is 1. The standard InChI is InChI=1S/C14H17Cl2NO/c1-14(2)12(9-5-6-18-13(9)14)17-11-7-8(15)3-4-10(11)16/h3-4,7,9,12-13,17H,5-6H2,1-2H3. The van der Waals surface area contributed by atoms with Gasteiger partial charge in [0, 0.05) is 29.0 Å². The van der Waals surface area contributed by atoms with Crippen molar-refractivity contribution >= 4 is 28.9 Å². The predicted molar refractivity (Wildman–Crippen MR) is 75.5 cm³/mol. The van der Waals surface area contributed by atoms with Crippen LogP contribution in [0, 0.1) is 11.3 Å². The fourth-order valence-corrected chi connectivity index (χ4v) is 3.74. The van der Waals surface area contributed by atoms with Gasteiger partial charge in [0.05, 0.1) is 16.8 Å². The molecule has 1 N–H and O–H groups in total. The minimum Gasteiger partial charge on any atom is -0.380 e. The van der Waals surface area contributed by atoms with E-state index in [1.54, 1.807) is 0 Å². The van der Waals surface area contributed by atoms with E-state index in [4.69, 9.17) is 27.9 Å². The second-order valence-electron chi connectivity index (χ2n) is 5.81. The number of hydrogen-bond donors (Lipinski definition) is 1. The molecule has 0 aromatic heterocycles. The third-order valence-electron chi connectivity index (χ3n) is 4.34. The van der Waals surface area contributed by atoms with Crippen LogP contribution in [0.3, 0.4) is 0 Å². The normalized spacial score (nSPS) is 32.8. The molecule has 1 aliphatic heterocycles. The van der Waals surface area contributed by atoms with Gasteiger partial charge in [0.2, 0.25) is 0 Å². The molecule has 98 valence electrons. The molecule has 3 rings (SSSR count). The molecule has 1 saturated heterocycles. The van der Waals surface area contributed by atoms with Gasteiger partial charge in [-0.25, -0.2) is 0 Å². The zero-order valence-electron chi connectivity index (χ0n) is 10.5. The molecule has 1 aromatic rings. The first kappa shape index (κ1) is 12.6. The van der Waals surface area contributed by atoms with Gasteiger partial charge in [-0.05, 0) is 24.6 Å². The summed E-state index contributed by atoms with van der Waals surface area (Å²) in [6.07, 6.45) is 1.51. The maximum absolute atomic E-state index is 6.20. The molecule has 3 unspecified atom stereocenters. The molecule has 4 heteroatoms. The third-order valence-corrected chi connectivity index (χ3v) is 4.90. The molecule has 1 aliphatic carbocycles. The molecule has 0 spiro atoms. The van der Waals surface area contributed by atoms with Gasteiger partial charge < -0.3 is 10.1 Å². The van der Waals surface area contributed by atoms with E-state index in [9.17, 15) is 0 Å². The van der Waals surface area contributed by atoms with E-state index in [1.165, 1.54) is 0 Å². The summed E-state index contributed by atoms with van der Waals surface area (Å²) in [6.45, 7) is 5.37. The van der Waals surface area contributed by atoms with E-state index in [0.717, 1.165) is 23.7 Å². The molecule has 0 amide bonds. The monoisotopic (exact) mass is 285 g/mol. The lowest BCUT2D eigenvalue weighted by atomic mass is 9.57. The minimum atomic E-state index is 0.146. The van der Waals surface area contributed by atoms with Gasteiger partial charge >= 0.3 is 0 Å². The minimum absolute atomic E-state index is 0.146. The Morgan fingerprint density at radius 2 is 2.11 bits per heavy atom. The highest BCUT2D eigenvalue weighted by atomic mass is 35.5. The molecule has 3 atom stereocenters. The highest BCUT2D eigenvalue weighted by Gasteiger charge is 2.59. The summed E-state index contributed by atoms with van der Waals surface area (Å²) in [5, 5.41) is 4.98. The van der Waals surface area contributed by atoms with E-state index >= 15 is 0 Å². The Balaban J connectivity index is 1.82. The molecular weight excluding hydrogens is 269 g/mol. The first-order valence-corrected chi connectivity index (χ1v) is 7.09. The zero-order valence-corrected chi connectivity index (χ0v) is 12.1. The lowest BCUT2D eigenvalue weighted by Gasteiger charge is -2.55. The van der Waals surface area contributed by atoms with Crippen LogP contribution < -0.4 is 5.32 Å². The Bertz CT molecular complexity index is 475. The molecule has 0 radical (unpaired) electrons. The summed E-state index contributed by atoms with van der Waals surface area (Å²) in [5.41, 5.74) is 1.07. The summed E-state index contributed by atoms with van der Waals surface area (Å²) < 4.78 is 5.79. The van der Waals surface area contributed by atoms with Gasteiger partial charge in [-0.15, -0.1) is 0 Å². The molecule has 0 bridgehead atoms. The number of hydrogen-bond acceptors (Lipinski definition) is 2. The van der Waals surface area contributed by atoms with Crippen LogP contribution in [0.1, 0.15) is 20.3 Å². The average Bonchev–Trinajstić information content (AvgIpc) is 2.77. The zero-order chi connectivity index (χ0) is 12.9. The molecule has 2 aliphatic rings. The Morgan fingerprint density at radius 3 is 2.89 bits per heavy atom. The molecule has 2 fully saturated rings. The van der Waals surface area contributed by atoms with E-state index in [0.29, 0.717) is 23.1 Å². The Kier molecular flexibility index (Phi) is 3.00. The van der Waals surface area contributed by atoms with Gasteiger partial charge in [0.15, 0.2) is 0 Å². The Hall–Kier alpha value is -0.440. The summed E-state index contributed by atoms with van der Waals surface area (Å²) >= 11 is 12.2. The Labute approximate surface area is 118 Å². The van der Waals surface area contributed by atoms with Crippen LogP contribution in [0.15, 0.2) is 18.2 Å². The maximum atomic E-state index is 6.20. The molecular formula is C14H17Cl2NO. The number of halogens is 2. The van der Waals surface area contributed by atoms with Crippen molar-refractivity contribution in [1.82, 2.24) is 0 Å². The van der Waals surface area contributed by atoms with Crippen LogP contribution in [-0.2, 0) is 4.74 Å². The van der Waals surface area contributed by atoms with Gasteiger partial charge in [-0.3, -0.25) is 0 Å². The van der Waals surface area contributed by atoms with Crippen molar-refractivity contribution in [3.8, 4) is 0 Å². The summed E-state index contributed by atoms with van der Waals surface area (Å²) in [6, 6.07) is 5.94. The molecule has 1 aromatic carbocycles. The highest BCUT2D eigenvalue weighted by Crippen LogP contribution is 2.53. The largest absolute Gasteiger partial charge is 0.380 e. The van der Waals surface area contributed by atoms with Crippen molar-refractivity contribution in [2.75, 3.05) is 11.9 Å². The van der Waals surface area contributed by atoms with Crippen LogP contribution >= 0.6 is 23.2 Å². The van der Waals surface area contributed by atoms with Crippen LogP contribution in [0.25, 0.3) is 0 Å². The molecule has 2 nitrogen and oxygen atoms in total. The maximum Gasteiger partial charge on any atom is 0.0694 e. The van der Waals surface area contributed by atoms with Crippen LogP contribution in [-0.4, -0.2) is 18.8 Å². The van der Waals surface area contributed by atoms with Crippen LogP contribution in [0.4, 0.5) is 5.69 Å². The van der Waals surface area contributed by atoms with Crippen molar-refractivity contribution in [2.24, 2.45) is 11.3 Å². The van der Waals surface area contributed by atoms with Crippen molar-refractivity contribution in [3.05, 3.63) is 28.2 Å². The average molecular weight is 286 g/mol. The third kappa shape index (κ3) is 1.82. The van der Waals surface area contributed by atoms with Gasteiger partial charge in [0.25, 0.3) is 0 Å². The second-order valence-corrected chi connectivity index (χ2v) is 6.66. The number of fused-ring (bicyclic) bond motifs is 1. The number of nitrogens with one attached hydrogen (secondary N) is 1. The summed E-state index contributed by atoms with van der Waals surface area (Å²) in [5.74, 6) is 0.593. The molecule has 18 heavy (non-hydrogen) atoms. The van der Waals surface area contributed by atoms with E-state index in [1.807, 2.05) is 18.2 Å². The van der Waals surface area contributed by atoms with Crippen molar-refractivity contribution in [2.45, 2.75) is 32.4 Å². The van der Waals surface area contributed by atoms with E-state index in [2.05, 4.69) is 19.2 Å². The fourth-order valence-electron chi connectivity index (χ4n) is 3.39. The highest BCUT2D eigenvalue weighted by molar-refractivity contribution is 6.35. The topological polar surface area (TPSA) is 21.3 Å². The van der Waals surface area contributed by atoms with Crippen molar-refractivity contribution < 1.29 is 4.74 Å². The first-order chi connectivity index (χ1) is 8.50. The smallest absolute Gasteiger partial charge is 0.0694 e. The van der Waals surface area contributed by atoms with E-state index in [-0.39, 0.29) is 5.41 Å². The van der Waals surface area contributed by atoms with Gasteiger partial charge in [0.1, 0.15) is 0 Å². The van der Waals surface area contributed by atoms with Crippen molar-refractivity contribution in [3.63, 3.8) is 0 Å². The predicted octanol–water partition coefficient (Wildman–Crippen LogP) is 4.22. The fraction of sp³-hybridized carbons (Fsp3) is 0.571. The quantitative estimate of drug-likeness (QED) is 0.879. The summed E-state index contributed by atoms with van der Waals surface area (Å²) in [4.78, 5) is 0. The number of rotatable bonds is 2. The second kappa shape index (κ2) is 4.29. The summed E-state index contributed by atoms with van der Waals surface area (Å²) in [7, 11) is 0. The van der Waals surface area contributed by atoms with Gasteiger partial charge in [-0.1, -0.05) is 37.0 Å². The number of ether oxygens (including phenoxy) is 1. The van der Waals surface area contributed by atoms with Crippen LogP contribution in [0.2, 0.25) is 10.0 Å². The lowest BCUT2D eigenvalue weighted by Crippen LogP contribution is -2.63. The van der Waals surface area contributed by atoms with E-state index < -0.39 is 0 Å². The van der Waals surface area contributed by atoms with Crippen LogP contribution in [0.5, 0.6) is 0 Å².